The molecule has 0 aliphatic carbocycles. The van der Waals surface area contributed by atoms with E-state index >= 15 is 0 Å². The molecule has 0 aliphatic rings. The lowest BCUT2D eigenvalue weighted by molar-refractivity contribution is 0.271. The molecule has 1 aromatic heterocycles. The van der Waals surface area contributed by atoms with Crippen molar-refractivity contribution in [2.24, 2.45) is 0 Å². The minimum atomic E-state index is 0.419. The highest BCUT2D eigenvalue weighted by atomic mass is 16.5. The standard InChI is InChI=1S/C28H32N2O2/c1-5-21(3)23-12-14-24(15-13-23)31-17-16-30-26-9-7-6-8-25(26)29-28(30)19-32-27-18-20(2)10-11-22(27)4/h6-15,18,21H,5,16-17,19H2,1-4H3. The summed E-state index contributed by atoms with van der Waals surface area (Å²) in [4.78, 5) is 4.83. The van der Waals surface area contributed by atoms with Gasteiger partial charge in [-0.2, -0.15) is 0 Å². The molecular weight excluding hydrogens is 396 g/mol. The summed E-state index contributed by atoms with van der Waals surface area (Å²) in [6.45, 7) is 10.3. The summed E-state index contributed by atoms with van der Waals surface area (Å²) >= 11 is 0. The molecule has 0 saturated carbocycles. The van der Waals surface area contributed by atoms with Crippen LogP contribution in [0.2, 0.25) is 0 Å². The number of para-hydroxylation sites is 2. The first-order valence-electron chi connectivity index (χ1n) is 11.4. The second-order valence-electron chi connectivity index (χ2n) is 8.45. The zero-order valence-electron chi connectivity index (χ0n) is 19.5. The number of rotatable bonds is 9. The van der Waals surface area contributed by atoms with E-state index in [-0.39, 0.29) is 0 Å². The molecule has 3 aromatic carbocycles. The molecule has 1 unspecified atom stereocenters. The van der Waals surface area contributed by atoms with E-state index in [1.54, 1.807) is 0 Å². The third-order valence-electron chi connectivity index (χ3n) is 6.08. The van der Waals surface area contributed by atoms with Gasteiger partial charge in [0.25, 0.3) is 0 Å². The molecule has 4 nitrogen and oxygen atoms in total. The van der Waals surface area contributed by atoms with E-state index in [1.165, 1.54) is 11.1 Å². The number of ether oxygens (including phenoxy) is 2. The first-order chi connectivity index (χ1) is 15.5. The Labute approximate surface area is 190 Å². The van der Waals surface area contributed by atoms with Crippen molar-refractivity contribution in [2.75, 3.05) is 6.61 Å². The summed E-state index contributed by atoms with van der Waals surface area (Å²) in [6.07, 6.45) is 1.14. The molecule has 0 aliphatic heterocycles. The van der Waals surface area contributed by atoms with Gasteiger partial charge in [0.1, 0.15) is 30.5 Å². The van der Waals surface area contributed by atoms with Gasteiger partial charge in [-0.25, -0.2) is 4.98 Å². The maximum absolute atomic E-state index is 6.16. The predicted molar refractivity (Wildman–Crippen MR) is 131 cm³/mol. The number of fused-ring (bicyclic) bond motifs is 1. The molecule has 0 fully saturated rings. The normalized spacial score (nSPS) is 12.1. The average molecular weight is 429 g/mol. The summed E-state index contributed by atoms with van der Waals surface area (Å²) in [5.41, 5.74) is 5.74. The number of aryl methyl sites for hydroxylation is 2. The Balaban J connectivity index is 1.47. The van der Waals surface area contributed by atoms with E-state index in [2.05, 4.69) is 80.8 Å². The van der Waals surface area contributed by atoms with Crippen molar-refractivity contribution in [1.82, 2.24) is 9.55 Å². The van der Waals surface area contributed by atoms with Crippen LogP contribution in [0.4, 0.5) is 0 Å². The number of imidazole rings is 1. The highest BCUT2D eigenvalue weighted by Crippen LogP contribution is 2.23. The van der Waals surface area contributed by atoms with Crippen LogP contribution in [-0.2, 0) is 13.2 Å². The molecule has 0 spiro atoms. The van der Waals surface area contributed by atoms with E-state index in [0.29, 0.717) is 25.7 Å². The molecule has 0 saturated heterocycles. The van der Waals surface area contributed by atoms with Gasteiger partial charge < -0.3 is 14.0 Å². The Morgan fingerprint density at radius 1 is 0.938 bits per heavy atom. The SMILES string of the molecule is CCC(C)c1ccc(OCCn2c(COc3cc(C)ccc3C)nc3ccccc32)cc1. The number of benzene rings is 3. The van der Waals surface area contributed by atoms with Gasteiger partial charge >= 0.3 is 0 Å². The van der Waals surface area contributed by atoms with E-state index in [1.807, 2.05) is 18.2 Å². The van der Waals surface area contributed by atoms with Crippen LogP contribution in [0.25, 0.3) is 11.0 Å². The van der Waals surface area contributed by atoms with Gasteiger partial charge in [-0.05, 0) is 73.2 Å². The molecular formula is C28H32N2O2. The molecule has 1 heterocycles. The van der Waals surface area contributed by atoms with Crippen molar-refractivity contribution < 1.29 is 9.47 Å². The van der Waals surface area contributed by atoms with Gasteiger partial charge in [-0.15, -0.1) is 0 Å². The first kappa shape index (κ1) is 21.9. The number of aromatic nitrogens is 2. The molecule has 0 radical (unpaired) electrons. The molecule has 4 heteroatoms. The van der Waals surface area contributed by atoms with Gasteiger partial charge in [0.05, 0.1) is 17.6 Å². The van der Waals surface area contributed by atoms with Crippen LogP contribution in [0.5, 0.6) is 11.5 Å². The molecule has 4 rings (SSSR count). The highest BCUT2D eigenvalue weighted by molar-refractivity contribution is 5.75. The molecule has 32 heavy (non-hydrogen) atoms. The summed E-state index contributed by atoms with van der Waals surface area (Å²) < 4.78 is 14.4. The lowest BCUT2D eigenvalue weighted by atomic mass is 9.99. The second kappa shape index (κ2) is 9.90. The van der Waals surface area contributed by atoms with Gasteiger partial charge in [-0.1, -0.05) is 50.2 Å². The van der Waals surface area contributed by atoms with Crippen molar-refractivity contribution in [1.29, 1.82) is 0 Å². The van der Waals surface area contributed by atoms with Crippen LogP contribution < -0.4 is 9.47 Å². The monoisotopic (exact) mass is 428 g/mol. The van der Waals surface area contributed by atoms with E-state index < -0.39 is 0 Å². The van der Waals surface area contributed by atoms with Crippen LogP contribution in [0, 0.1) is 13.8 Å². The minimum absolute atomic E-state index is 0.419. The first-order valence-corrected chi connectivity index (χ1v) is 11.4. The molecule has 0 amide bonds. The van der Waals surface area contributed by atoms with Crippen LogP contribution in [0.15, 0.2) is 66.7 Å². The van der Waals surface area contributed by atoms with Crippen LogP contribution in [0.3, 0.4) is 0 Å². The average Bonchev–Trinajstić information content (AvgIpc) is 3.17. The van der Waals surface area contributed by atoms with Gasteiger partial charge in [-0.3, -0.25) is 0 Å². The molecule has 4 aromatic rings. The van der Waals surface area contributed by atoms with Crippen LogP contribution in [0.1, 0.15) is 48.7 Å². The van der Waals surface area contributed by atoms with Gasteiger partial charge in [0.15, 0.2) is 0 Å². The zero-order chi connectivity index (χ0) is 22.5. The fourth-order valence-electron chi connectivity index (χ4n) is 3.87. The number of nitrogens with zero attached hydrogens (tertiary/aromatic N) is 2. The van der Waals surface area contributed by atoms with E-state index in [0.717, 1.165) is 40.3 Å². The summed E-state index contributed by atoms with van der Waals surface area (Å²) in [5, 5.41) is 0. The lowest BCUT2D eigenvalue weighted by Crippen LogP contribution is -2.13. The van der Waals surface area contributed by atoms with Crippen LogP contribution >= 0.6 is 0 Å². The van der Waals surface area contributed by atoms with E-state index in [4.69, 9.17) is 14.5 Å². The third kappa shape index (κ3) is 4.96. The quantitative estimate of drug-likeness (QED) is 0.293. The zero-order valence-corrected chi connectivity index (χ0v) is 19.5. The van der Waals surface area contributed by atoms with Crippen molar-refractivity contribution >= 4 is 11.0 Å². The summed E-state index contributed by atoms with van der Waals surface area (Å²) in [5.74, 6) is 3.28. The molecule has 1 atom stereocenters. The Hall–Kier alpha value is -3.27. The maximum atomic E-state index is 6.16. The van der Waals surface area contributed by atoms with Gasteiger partial charge in [0.2, 0.25) is 0 Å². The number of hydrogen-bond donors (Lipinski definition) is 0. The number of hydrogen-bond acceptors (Lipinski definition) is 3. The Morgan fingerprint density at radius 2 is 1.72 bits per heavy atom. The smallest absolute Gasteiger partial charge is 0.148 e. The van der Waals surface area contributed by atoms with Crippen LogP contribution in [-0.4, -0.2) is 16.2 Å². The largest absolute Gasteiger partial charge is 0.492 e. The summed E-state index contributed by atoms with van der Waals surface area (Å²) in [7, 11) is 0. The lowest BCUT2D eigenvalue weighted by Gasteiger charge is -2.14. The fourth-order valence-corrected chi connectivity index (χ4v) is 3.87. The van der Waals surface area contributed by atoms with Crippen molar-refractivity contribution in [3.63, 3.8) is 0 Å². The topological polar surface area (TPSA) is 36.3 Å². The minimum Gasteiger partial charge on any atom is -0.492 e. The Bertz CT molecular complexity index is 1180. The van der Waals surface area contributed by atoms with E-state index in [9.17, 15) is 0 Å². The highest BCUT2D eigenvalue weighted by Gasteiger charge is 2.12. The molecule has 166 valence electrons. The predicted octanol–water partition coefficient (Wildman–Crippen LogP) is 6.82. The Kier molecular flexibility index (Phi) is 6.79. The fraction of sp³-hybridized carbons (Fsp3) is 0.321. The summed E-state index contributed by atoms with van der Waals surface area (Å²) in [6, 6.07) is 22.9. The maximum Gasteiger partial charge on any atom is 0.148 e. The third-order valence-corrected chi connectivity index (χ3v) is 6.08. The van der Waals surface area contributed by atoms with Crippen molar-refractivity contribution in [3.05, 3.63) is 89.2 Å². The van der Waals surface area contributed by atoms with Crippen molar-refractivity contribution in [2.45, 2.75) is 53.2 Å². The van der Waals surface area contributed by atoms with Gasteiger partial charge in [0, 0.05) is 0 Å². The molecule has 0 N–H and O–H groups in total. The Morgan fingerprint density at radius 3 is 2.50 bits per heavy atom. The molecule has 0 bridgehead atoms. The van der Waals surface area contributed by atoms with Crippen molar-refractivity contribution in [3.8, 4) is 11.5 Å². The second-order valence-corrected chi connectivity index (χ2v) is 8.45.